The fourth-order valence-corrected chi connectivity index (χ4v) is 0.995. The molecule has 2 aromatic rings. The van der Waals surface area contributed by atoms with Gasteiger partial charge in [0.1, 0.15) is 11.8 Å². The van der Waals surface area contributed by atoms with Crippen molar-refractivity contribution in [3.8, 4) is 17.5 Å². The lowest BCUT2D eigenvalue weighted by Gasteiger charge is -1.93. The van der Waals surface area contributed by atoms with Gasteiger partial charge in [0.2, 0.25) is 0 Å². The zero-order valence-corrected chi connectivity index (χ0v) is 6.60. The first-order valence-corrected chi connectivity index (χ1v) is 3.64. The van der Waals surface area contributed by atoms with Crippen molar-refractivity contribution in [1.29, 1.82) is 5.26 Å². The van der Waals surface area contributed by atoms with Gasteiger partial charge in [-0.3, -0.25) is 10.1 Å². The number of nitrogens with zero attached hydrogens (tertiary/aromatic N) is 4. The summed E-state index contributed by atoms with van der Waals surface area (Å²) in [4.78, 5) is 4.07. The zero-order chi connectivity index (χ0) is 9.10. The highest BCUT2D eigenvalue weighted by Gasteiger charge is 2.08. The third kappa shape index (κ3) is 1.25. The second kappa shape index (κ2) is 3.03. The summed E-state index contributed by atoms with van der Waals surface area (Å²) in [6, 6.07) is 7.36. The van der Waals surface area contributed by atoms with Crippen molar-refractivity contribution in [2.24, 2.45) is 0 Å². The summed E-state index contributed by atoms with van der Waals surface area (Å²) >= 11 is 0. The normalized spacial score (nSPS) is 9.46. The van der Waals surface area contributed by atoms with Crippen molar-refractivity contribution in [1.82, 2.24) is 20.4 Å². The Hall–Kier alpha value is -2.22. The number of nitriles is 1. The average Bonchev–Trinajstić information content (AvgIpc) is 2.67. The maximum atomic E-state index is 8.67. The molecule has 2 rings (SSSR count). The van der Waals surface area contributed by atoms with Gasteiger partial charge in [-0.05, 0) is 12.1 Å². The molecule has 0 unspecified atom stereocenters. The van der Waals surface area contributed by atoms with Gasteiger partial charge in [0, 0.05) is 6.20 Å². The molecule has 0 amide bonds. The van der Waals surface area contributed by atoms with E-state index in [0.29, 0.717) is 11.4 Å². The van der Waals surface area contributed by atoms with Gasteiger partial charge in [0.05, 0.1) is 5.69 Å². The van der Waals surface area contributed by atoms with E-state index in [4.69, 9.17) is 5.26 Å². The van der Waals surface area contributed by atoms with Crippen LogP contribution >= 0.6 is 0 Å². The molecule has 0 aliphatic heterocycles. The third-order valence-electron chi connectivity index (χ3n) is 1.58. The van der Waals surface area contributed by atoms with Crippen LogP contribution < -0.4 is 0 Å². The summed E-state index contributed by atoms with van der Waals surface area (Å²) in [6.07, 6.45) is 1.65. The first-order valence-electron chi connectivity index (χ1n) is 3.64. The Kier molecular flexibility index (Phi) is 1.73. The topological polar surface area (TPSA) is 78.2 Å². The van der Waals surface area contributed by atoms with E-state index in [0.717, 1.165) is 0 Å². The van der Waals surface area contributed by atoms with Crippen LogP contribution in [0.4, 0.5) is 0 Å². The fourth-order valence-electron chi connectivity index (χ4n) is 0.995. The number of aromatic nitrogens is 4. The molecule has 0 aliphatic rings. The van der Waals surface area contributed by atoms with E-state index in [9.17, 15) is 0 Å². The molecule has 2 heterocycles. The second-order valence-electron chi connectivity index (χ2n) is 2.36. The molecule has 0 saturated carbocycles. The molecule has 0 saturated heterocycles. The van der Waals surface area contributed by atoms with Crippen LogP contribution in [0.2, 0.25) is 0 Å². The Morgan fingerprint density at radius 1 is 1.38 bits per heavy atom. The van der Waals surface area contributed by atoms with Gasteiger partial charge < -0.3 is 0 Å². The van der Waals surface area contributed by atoms with Crippen molar-refractivity contribution in [2.45, 2.75) is 0 Å². The Morgan fingerprint density at radius 2 is 2.31 bits per heavy atom. The van der Waals surface area contributed by atoms with Gasteiger partial charge in [0.15, 0.2) is 5.69 Å². The van der Waals surface area contributed by atoms with Crippen LogP contribution in [0.3, 0.4) is 0 Å². The molecule has 5 heteroatoms. The molecule has 1 N–H and O–H groups in total. The maximum absolute atomic E-state index is 8.67. The number of H-pyrrole nitrogens is 1. The standard InChI is InChI=1S/C8H5N5/c9-5-7-8(12-13-11-7)6-3-1-2-4-10-6/h1-4H,(H,11,12,13). The number of hydrogen-bond acceptors (Lipinski definition) is 4. The van der Waals surface area contributed by atoms with E-state index in [2.05, 4.69) is 20.4 Å². The maximum Gasteiger partial charge on any atom is 0.191 e. The highest BCUT2D eigenvalue weighted by molar-refractivity contribution is 5.59. The summed E-state index contributed by atoms with van der Waals surface area (Å²) in [5, 5.41) is 18.4. The third-order valence-corrected chi connectivity index (χ3v) is 1.58. The molecular formula is C8H5N5. The molecule has 5 nitrogen and oxygen atoms in total. The van der Waals surface area contributed by atoms with Crippen molar-refractivity contribution in [2.75, 3.05) is 0 Å². The largest absolute Gasteiger partial charge is 0.255 e. The van der Waals surface area contributed by atoms with Gasteiger partial charge in [-0.25, -0.2) is 0 Å². The quantitative estimate of drug-likeness (QED) is 0.686. The number of aromatic amines is 1. The highest BCUT2D eigenvalue weighted by Crippen LogP contribution is 2.14. The molecule has 0 aromatic carbocycles. The molecule has 62 valence electrons. The Labute approximate surface area is 74.1 Å². The van der Waals surface area contributed by atoms with Gasteiger partial charge >= 0.3 is 0 Å². The van der Waals surface area contributed by atoms with E-state index in [1.807, 2.05) is 12.1 Å². The molecule has 0 atom stereocenters. The lowest BCUT2D eigenvalue weighted by Crippen LogP contribution is -1.85. The van der Waals surface area contributed by atoms with Crippen molar-refractivity contribution in [3.63, 3.8) is 0 Å². The zero-order valence-electron chi connectivity index (χ0n) is 6.60. The molecule has 0 bridgehead atoms. The van der Waals surface area contributed by atoms with Crippen molar-refractivity contribution >= 4 is 0 Å². The van der Waals surface area contributed by atoms with Crippen LogP contribution in [-0.4, -0.2) is 20.4 Å². The first kappa shape index (κ1) is 7.43. The molecular weight excluding hydrogens is 166 g/mol. The Bertz CT molecular complexity index is 439. The minimum atomic E-state index is 0.263. The fraction of sp³-hybridized carbons (Fsp3) is 0. The van der Waals surface area contributed by atoms with Crippen LogP contribution in [0.15, 0.2) is 24.4 Å². The van der Waals surface area contributed by atoms with Gasteiger partial charge in [-0.15, -0.1) is 5.10 Å². The minimum absolute atomic E-state index is 0.263. The summed E-state index contributed by atoms with van der Waals surface area (Å²) < 4.78 is 0. The smallest absolute Gasteiger partial charge is 0.191 e. The molecule has 0 spiro atoms. The molecule has 0 aliphatic carbocycles. The van der Waals surface area contributed by atoms with Crippen LogP contribution in [-0.2, 0) is 0 Å². The lowest BCUT2D eigenvalue weighted by atomic mass is 10.2. The van der Waals surface area contributed by atoms with Crippen LogP contribution in [0.1, 0.15) is 5.69 Å². The lowest BCUT2D eigenvalue weighted by molar-refractivity contribution is 0.936. The molecule has 2 aromatic heterocycles. The summed E-state index contributed by atoms with van der Waals surface area (Å²) in [5.41, 5.74) is 1.49. The Morgan fingerprint density at radius 3 is 3.00 bits per heavy atom. The predicted molar refractivity (Wildman–Crippen MR) is 44.3 cm³/mol. The molecule has 0 fully saturated rings. The monoisotopic (exact) mass is 171 g/mol. The average molecular weight is 171 g/mol. The molecule has 13 heavy (non-hydrogen) atoms. The number of rotatable bonds is 1. The SMILES string of the molecule is N#Cc1nn[nH]c1-c1ccccn1. The number of nitrogens with one attached hydrogen (secondary N) is 1. The minimum Gasteiger partial charge on any atom is -0.255 e. The highest BCUT2D eigenvalue weighted by atomic mass is 15.3. The Balaban J connectivity index is 2.54. The second-order valence-corrected chi connectivity index (χ2v) is 2.36. The van der Waals surface area contributed by atoms with Crippen molar-refractivity contribution in [3.05, 3.63) is 30.1 Å². The van der Waals surface area contributed by atoms with E-state index in [1.54, 1.807) is 18.3 Å². The van der Waals surface area contributed by atoms with E-state index in [-0.39, 0.29) is 5.69 Å². The van der Waals surface area contributed by atoms with E-state index < -0.39 is 0 Å². The number of pyridine rings is 1. The van der Waals surface area contributed by atoms with Gasteiger partial charge in [-0.1, -0.05) is 11.3 Å². The number of hydrogen-bond donors (Lipinski definition) is 1. The first-order chi connectivity index (χ1) is 6.42. The molecule has 0 radical (unpaired) electrons. The predicted octanol–water partition coefficient (Wildman–Crippen LogP) is 0.738. The van der Waals surface area contributed by atoms with E-state index >= 15 is 0 Å². The van der Waals surface area contributed by atoms with Crippen LogP contribution in [0, 0.1) is 11.3 Å². The van der Waals surface area contributed by atoms with Crippen LogP contribution in [0.5, 0.6) is 0 Å². The van der Waals surface area contributed by atoms with Gasteiger partial charge in [0.25, 0.3) is 0 Å². The van der Waals surface area contributed by atoms with E-state index in [1.165, 1.54) is 0 Å². The van der Waals surface area contributed by atoms with Crippen molar-refractivity contribution < 1.29 is 0 Å². The summed E-state index contributed by atoms with van der Waals surface area (Å²) in [7, 11) is 0. The van der Waals surface area contributed by atoms with Crippen LogP contribution in [0.25, 0.3) is 11.4 Å². The van der Waals surface area contributed by atoms with Gasteiger partial charge in [-0.2, -0.15) is 5.26 Å². The summed E-state index contributed by atoms with van der Waals surface area (Å²) in [6.45, 7) is 0. The summed E-state index contributed by atoms with van der Waals surface area (Å²) in [5.74, 6) is 0.